The number of benzene rings is 3. The van der Waals surface area contributed by atoms with Crippen molar-refractivity contribution in [1.29, 1.82) is 0 Å². The average molecular weight is 622 g/mol. The first-order valence-electron chi connectivity index (χ1n) is 12.2. The molecule has 0 atom stereocenters. The van der Waals surface area contributed by atoms with Crippen molar-refractivity contribution >= 4 is 22.6 Å². The Labute approximate surface area is 232 Å². The summed E-state index contributed by atoms with van der Waals surface area (Å²) in [5.41, 5.74) is 3.68. The molecule has 2 heterocycles. The SMILES string of the molecule is CCOc1cc(C(c2c(C)[nH]n(-c3ccccc3)c2=O)c2c(C)[nH]n(-c3ccccc3)c2=O)cc(I)c1O. The molecule has 0 aliphatic rings. The van der Waals surface area contributed by atoms with Gasteiger partial charge in [0, 0.05) is 17.3 Å². The number of hydrogen-bond acceptors (Lipinski definition) is 4. The first-order chi connectivity index (χ1) is 18.3. The molecule has 8 nitrogen and oxygen atoms in total. The number of phenols is 1. The molecule has 5 aromatic rings. The monoisotopic (exact) mass is 622 g/mol. The molecule has 0 bridgehead atoms. The summed E-state index contributed by atoms with van der Waals surface area (Å²) < 4.78 is 9.25. The Hall–Kier alpha value is -3.99. The quantitative estimate of drug-likeness (QED) is 0.219. The van der Waals surface area contributed by atoms with E-state index in [0.717, 1.165) is 0 Å². The van der Waals surface area contributed by atoms with Crippen molar-refractivity contribution in [3.8, 4) is 22.9 Å². The lowest BCUT2D eigenvalue weighted by Crippen LogP contribution is -2.25. The van der Waals surface area contributed by atoms with Gasteiger partial charge in [0.05, 0.1) is 32.7 Å². The van der Waals surface area contributed by atoms with Crippen LogP contribution in [-0.2, 0) is 0 Å². The molecule has 5 rings (SSSR count). The number of phenolic OH excluding ortho intramolecular Hbond substituents is 1. The van der Waals surface area contributed by atoms with Crippen molar-refractivity contribution in [3.63, 3.8) is 0 Å². The maximum Gasteiger partial charge on any atom is 0.275 e. The predicted octanol–water partition coefficient (Wildman–Crippen LogP) is 5.15. The van der Waals surface area contributed by atoms with E-state index in [1.165, 1.54) is 9.36 Å². The number of nitrogens with zero attached hydrogens (tertiary/aromatic N) is 2. The van der Waals surface area contributed by atoms with Gasteiger partial charge in [-0.1, -0.05) is 36.4 Å². The Morgan fingerprint density at radius 1 is 0.842 bits per heavy atom. The standard InChI is InChI=1S/C29H27IN4O4/c1-4-38-23-16-19(15-22(30)27(23)35)26(24-17(2)31-33(28(24)36)20-11-7-5-8-12-20)25-18(3)32-34(29(25)37)21-13-9-6-10-14-21/h5-16,26,31-32,35H,4H2,1-3H3. The van der Waals surface area contributed by atoms with E-state index in [0.29, 0.717) is 55.4 Å². The summed E-state index contributed by atoms with van der Waals surface area (Å²) in [6, 6.07) is 22.1. The minimum atomic E-state index is -0.731. The average Bonchev–Trinajstić information content (AvgIpc) is 3.38. The topological polar surface area (TPSA) is 105 Å². The van der Waals surface area contributed by atoms with Crippen LogP contribution in [-0.4, -0.2) is 31.3 Å². The molecule has 9 heteroatoms. The van der Waals surface area contributed by atoms with Crippen LogP contribution in [0.2, 0.25) is 0 Å². The van der Waals surface area contributed by atoms with Gasteiger partial charge in [-0.2, -0.15) is 0 Å². The summed E-state index contributed by atoms with van der Waals surface area (Å²) in [5, 5.41) is 17.0. The number of aromatic amines is 2. The molecular formula is C29H27IN4O4. The number of halogens is 1. The fourth-order valence-electron chi connectivity index (χ4n) is 4.82. The molecule has 3 aromatic carbocycles. The maximum atomic E-state index is 14.0. The van der Waals surface area contributed by atoms with Gasteiger partial charge in [-0.3, -0.25) is 19.8 Å². The molecule has 0 aliphatic heterocycles. The predicted molar refractivity (Wildman–Crippen MR) is 155 cm³/mol. The van der Waals surface area contributed by atoms with E-state index < -0.39 is 5.92 Å². The number of aromatic nitrogens is 4. The van der Waals surface area contributed by atoms with E-state index in [9.17, 15) is 14.7 Å². The van der Waals surface area contributed by atoms with E-state index in [1.54, 1.807) is 12.1 Å². The Bertz CT molecular complexity index is 1620. The number of rotatable bonds is 7. The van der Waals surface area contributed by atoms with Gasteiger partial charge in [-0.25, -0.2) is 9.36 Å². The molecular weight excluding hydrogens is 595 g/mol. The number of H-pyrrole nitrogens is 2. The van der Waals surface area contributed by atoms with E-state index in [4.69, 9.17) is 4.74 Å². The van der Waals surface area contributed by atoms with Crippen LogP contribution in [0.5, 0.6) is 11.5 Å². The van der Waals surface area contributed by atoms with Gasteiger partial charge in [0.2, 0.25) is 0 Å². The molecule has 0 fully saturated rings. The Morgan fingerprint density at radius 3 is 1.76 bits per heavy atom. The fourth-order valence-corrected chi connectivity index (χ4v) is 5.45. The zero-order valence-electron chi connectivity index (χ0n) is 21.2. The highest BCUT2D eigenvalue weighted by molar-refractivity contribution is 14.1. The van der Waals surface area contributed by atoms with Crippen LogP contribution in [0.4, 0.5) is 0 Å². The van der Waals surface area contributed by atoms with Crippen molar-refractivity contribution < 1.29 is 9.84 Å². The fraction of sp³-hybridized carbons (Fsp3) is 0.172. The molecule has 0 amide bonds. The zero-order chi connectivity index (χ0) is 27.0. The third kappa shape index (κ3) is 4.47. The van der Waals surface area contributed by atoms with Crippen molar-refractivity contribution in [2.45, 2.75) is 26.7 Å². The summed E-state index contributed by atoms with van der Waals surface area (Å²) >= 11 is 2.04. The summed E-state index contributed by atoms with van der Waals surface area (Å²) in [4.78, 5) is 27.9. The summed E-state index contributed by atoms with van der Waals surface area (Å²) in [6.45, 7) is 5.84. The van der Waals surface area contributed by atoms with Crippen LogP contribution >= 0.6 is 22.6 Å². The smallest absolute Gasteiger partial charge is 0.275 e. The molecule has 0 unspecified atom stereocenters. The van der Waals surface area contributed by atoms with Crippen molar-refractivity contribution in [2.24, 2.45) is 0 Å². The normalized spacial score (nSPS) is 11.3. The second kappa shape index (κ2) is 10.4. The summed E-state index contributed by atoms with van der Waals surface area (Å²) in [5.74, 6) is -0.409. The number of nitrogens with one attached hydrogen (secondary N) is 2. The van der Waals surface area contributed by atoms with E-state index in [-0.39, 0.29) is 16.9 Å². The molecule has 2 aromatic heterocycles. The number of aromatic hydroxyl groups is 1. The lowest BCUT2D eigenvalue weighted by molar-refractivity contribution is 0.316. The van der Waals surface area contributed by atoms with Crippen molar-refractivity contribution in [3.05, 3.63) is 125 Å². The highest BCUT2D eigenvalue weighted by Gasteiger charge is 2.32. The second-order valence-corrected chi connectivity index (χ2v) is 10.1. The second-order valence-electron chi connectivity index (χ2n) is 8.97. The summed E-state index contributed by atoms with van der Waals surface area (Å²) in [7, 11) is 0. The molecule has 194 valence electrons. The zero-order valence-corrected chi connectivity index (χ0v) is 23.3. The Balaban J connectivity index is 1.81. The third-order valence-corrected chi connectivity index (χ3v) is 7.35. The van der Waals surface area contributed by atoms with Crippen LogP contribution in [0.3, 0.4) is 0 Å². The van der Waals surface area contributed by atoms with Gasteiger partial charge < -0.3 is 9.84 Å². The van der Waals surface area contributed by atoms with Gasteiger partial charge in [-0.05, 0) is 85.3 Å². The minimum absolute atomic E-state index is 0.0231. The minimum Gasteiger partial charge on any atom is -0.504 e. The van der Waals surface area contributed by atoms with Crippen LogP contribution < -0.4 is 15.9 Å². The van der Waals surface area contributed by atoms with E-state index >= 15 is 0 Å². The molecule has 0 saturated heterocycles. The number of para-hydroxylation sites is 2. The van der Waals surface area contributed by atoms with Gasteiger partial charge in [-0.15, -0.1) is 0 Å². The third-order valence-electron chi connectivity index (χ3n) is 6.52. The maximum absolute atomic E-state index is 14.0. The van der Waals surface area contributed by atoms with Crippen LogP contribution in [0.15, 0.2) is 82.4 Å². The highest BCUT2D eigenvalue weighted by atomic mass is 127. The highest BCUT2D eigenvalue weighted by Crippen LogP contribution is 2.39. The van der Waals surface area contributed by atoms with Crippen molar-refractivity contribution in [2.75, 3.05) is 6.61 Å². The van der Waals surface area contributed by atoms with Gasteiger partial charge in [0.1, 0.15) is 0 Å². The molecule has 0 radical (unpaired) electrons. The number of hydrogen-bond donors (Lipinski definition) is 3. The molecule has 0 saturated carbocycles. The Morgan fingerprint density at radius 2 is 1.32 bits per heavy atom. The molecule has 0 spiro atoms. The lowest BCUT2D eigenvalue weighted by Gasteiger charge is -2.18. The van der Waals surface area contributed by atoms with E-state index in [1.807, 2.05) is 104 Å². The molecule has 0 aliphatic carbocycles. The molecule has 3 N–H and O–H groups in total. The summed E-state index contributed by atoms with van der Waals surface area (Å²) in [6.07, 6.45) is 0. The number of ether oxygens (including phenoxy) is 1. The largest absolute Gasteiger partial charge is 0.504 e. The van der Waals surface area contributed by atoms with Crippen molar-refractivity contribution in [1.82, 2.24) is 19.6 Å². The lowest BCUT2D eigenvalue weighted by atomic mass is 9.85. The first-order valence-corrected chi connectivity index (χ1v) is 13.3. The van der Waals surface area contributed by atoms with Gasteiger partial charge in [0.25, 0.3) is 11.1 Å². The first kappa shape index (κ1) is 25.7. The van der Waals surface area contributed by atoms with Crippen LogP contribution in [0, 0.1) is 17.4 Å². The molecule has 38 heavy (non-hydrogen) atoms. The van der Waals surface area contributed by atoms with Gasteiger partial charge >= 0.3 is 0 Å². The van der Waals surface area contributed by atoms with Crippen LogP contribution in [0.1, 0.15) is 40.9 Å². The number of aryl methyl sites for hydroxylation is 2. The van der Waals surface area contributed by atoms with E-state index in [2.05, 4.69) is 10.2 Å². The van der Waals surface area contributed by atoms with Gasteiger partial charge in [0.15, 0.2) is 11.5 Å². The van der Waals surface area contributed by atoms with Crippen LogP contribution in [0.25, 0.3) is 11.4 Å². The Kier molecular flexibility index (Phi) is 7.02.